The van der Waals surface area contributed by atoms with Crippen molar-refractivity contribution in [3.63, 3.8) is 0 Å². The molecule has 5 rings (SSSR count). The highest BCUT2D eigenvalue weighted by atomic mass is 32.1. The molecule has 1 fully saturated rings. The van der Waals surface area contributed by atoms with Gasteiger partial charge in [0.05, 0.1) is 10.4 Å². The standard InChI is InChI=1S/C28H31N5OS/c1-33(2)26-22-10-6-7-11-23(22)31-28(32-26)30-21-14-12-19(13-15-21)18-29-27(34)25-17-16-24(35-25)20-8-4-3-5-9-20/h3-11,16-17,19,21H,12-15,18H2,1-2H3,(H,29,34)(H,30,31,32). The number of thiophene rings is 1. The van der Waals surface area contributed by atoms with Gasteiger partial charge >= 0.3 is 0 Å². The van der Waals surface area contributed by atoms with E-state index in [9.17, 15) is 4.79 Å². The van der Waals surface area contributed by atoms with Crippen LogP contribution in [0.1, 0.15) is 35.4 Å². The first-order valence-corrected chi connectivity index (χ1v) is 13.0. The van der Waals surface area contributed by atoms with Gasteiger partial charge in [0.15, 0.2) is 0 Å². The molecule has 4 aromatic rings. The number of hydrogen-bond acceptors (Lipinski definition) is 6. The van der Waals surface area contributed by atoms with Crippen LogP contribution in [0, 0.1) is 5.92 Å². The number of rotatable bonds is 7. The molecule has 6 nitrogen and oxygen atoms in total. The third-order valence-electron chi connectivity index (χ3n) is 6.63. The van der Waals surface area contributed by atoms with Crippen LogP contribution in [0.15, 0.2) is 66.7 Å². The molecule has 0 spiro atoms. The van der Waals surface area contributed by atoms with Gasteiger partial charge in [0.25, 0.3) is 5.91 Å². The Morgan fingerprint density at radius 3 is 2.46 bits per heavy atom. The molecule has 7 heteroatoms. The molecule has 2 aromatic carbocycles. The molecule has 180 valence electrons. The highest BCUT2D eigenvalue weighted by Gasteiger charge is 2.23. The van der Waals surface area contributed by atoms with E-state index >= 15 is 0 Å². The smallest absolute Gasteiger partial charge is 0.261 e. The van der Waals surface area contributed by atoms with E-state index in [0.29, 0.717) is 17.9 Å². The molecular formula is C28H31N5OS. The molecule has 0 aliphatic heterocycles. The topological polar surface area (TPSA) is 70.2 Å². The minimum Gasteiger partial charge on any atom is -0.362 e. The highest BCUT2D eigenvalue weighted by Crippen LogP contribution is 2.30. The second kappa shape index (κ2) is 10.4. The predicted octanol–water partition coefficient (Wildman–Crippen LogP) is 5.83. The van der Waals surface area contributed by atoms with Crippen LogP contribution in [0.5, 0.6) is 0 Å². The molecule has 0 atom stereocenters. The maximum Gasteiger partial charge on any atom is 0.261 e. The molecule has 1 saturated carbocycles. The number of carbonyl (C=O) groups is 1. The number of anilines is 2. The third kappa shape index (κ3) is 5.46. The van der Waals surface area contributed by atoms with Crippen LogP contribution in [-0.2, 0) is 0 Å². The molecule has 1 aliphatic rings. The summed E-state index contributed by atoms with van der Waals surface area (Å²) >= 11 is 1.55. The molecule has 1 amide bonds. The Kier molecular flexibility index (Phi) is 6.95. The van der Waals surface area contributed by atoms with Crippen molar-refractivity contribution in [2.45, 2.75) is 31.7 Å². The van der Waals surface area contributed by atoms with Crippen LogP contribution in [0.4, 0.5) is 11.8 Å². The average molecular weight is 486 g/mol. The van der Waals surface area contributed by atoms with Crippen molar-refractivity contribution in [2.24, 2.45) is 5.92 Å². The van der Waals surface area contributed by atoms with Gasteiger partial charge in [-0.25, -0.2) is 4.98 Å². The van der Waals surface area contributed by atoms with Gasteiger partial charge in [-0.05, 0) is 61.4 Å². The van der Waals surface area contributed by atoms with Crippen LogP contribution in [0.3, 0.4) is 0 Å². The summed E-state index contributed by atoms with van der Waals surface area (Å²) in [6.45, 7) is 0.724. The number of para-hydroxylation sites is 1. The Labute approximate surface area is 210 Å². The molecule has 0 saturated heterocycles. The van der Waals surface area contributed by atoms with E-state index < -0.39 is 0 Å². The summed E-state index contributed by atoms with van der Waals surface area (Å²) in [7, 11) is 4.02. The van der Waals surface area contributed by atoms with Gasteiger partial charge in [0.1, 0.15) is 5.82 Å². The van der Waals surface area contributed by atoms with Gasteiger partial charge in [-0.3, -0.25) is 4.79 Å². The number of carbonyl (C=O) groups excluding carboxylic acids is 1. The lowest BCUT2D eigenvalue weighted by atomic mass is 9.86. The Morgan fingerprint density at radius 1 is 0.943 bits per heavy atom. The molecule has 1 aliphatic carbocycles. The monoisotopic (exact) mass is 485 g/mol. The Hall–Kier alpha value is -3.45. The van der Waals surface area contributed by atoms with Crippen molar-refractivity contribution < 1.29 is 4.79 Å². The number of nitrogens with zero attached hydrogens (tertiary/aromatic N) is 3. The minimum atomic E-state index is 0.0261. The van der Waals surface area contributed by atoms with Crippen molar-refractivity contribution in [2.75, 3.05) is 30.9 Å². The SMILES string of the molecule is CN(C)c1nc(NC2CCC(CNC(=O)c3ccc(-c4ccccc4)s3)CC2)nc2ccccc12. The summed E-state index contributed by atoms with van der Waals surface area (Å²) in [5.74, 6) is 2.15. The zero-order valence-electron chi connectivity index (χ0n) is 20.2. The van der Waals surface area contributed by atoms with E-state index in [0.717, 1.165) is 64.3 Å². The summed E-state index contributed by atoms with van der Waals surface area (Å²) in [4.78, 5) is 26.1. The maximum absolute atomic E-state index is 12.7. The second-order valence-electron chi connectivity index (χ2n) is 9.38. The Morgan fingerprint density at radius 2 is 1.69 bits per heavy atom. The minimum absolute atomic E-state index is 0.0261. The van der Waals surface area contributed by atoms with Crippen molar-refractivity contribution in [1.29, 1.82) is 0 Å². The molecule has 2 aromatic heterocycles. The lowest BCUT2D eigenvalue weighted by Gasteiger charge is -2.29. The molecule has 0 radical (unpaired) electrons. The fourth-order valence-corrected chi connectivity index (χ4v) is 5.63. The van der Waals surface area contributed by atoms with Crippen LogP contribution in [-0.4, -0.2) is 42.6 Å². The molecular weight excluding hydrogens is 454 g/mol. The van der Waals surface area contributed by atoms with Gasteiger partial charge in [-0.2, -0.15) is 4.98 Å². The zero-order valence-corrected chi connectivity index (χ0v) is 21.0. The number of fused-ring (bicyclic) bond motifs is 1. The van der Waals surface area contributed by atoms with Crippen molar-refractivity contribution in [1.82, 2.24) is 15.3 Å². The van der Waals surface area contributed by atoms with E-state index in [4.69, 9.17) is 9.97 Å². The predicted molar refractivity (Wildman–Crippen MR) is 145 cm³/mol. The molecule has 2 heterocycles. The largest absolute Gasteiger partial charge is 0.362 e. The number of amides is 1. The Bertz CT molecular complexity index is 1300. The number of aromatic nitrogens is 2. The first-order valence-electron chi connectivity index (χ1n) is 12.2. The van der Waals surface area contributed by atoms with E-state index in [-0.39, 0.29) is 5.91 Å². The molecule has 2 N–H and O–H groups in total. The molecule has 0 unspecified atom stereocenters. The van der Waals surface area contributed by atoms with E-state index in [1.165, 1.54) is 0 Å². The quantitative estimate of drug-likeness (QED) is 0.345. The first-order chi connectivity index (χ1) is 17.1. The summed E-state index contributed by atoms with van der Waals surface area (Å²) in [5.41, 5.74) is 2.10. The first kappa shape index (κ1) is 23.3. The summed E-state index contributed by atoms with van der Waals surface area (Å²) in [5, 5.41) is 7.78. The van der Waals surface area contributed by atoms with Crippen molar-refractivity contribution >= 4 is 39.9 Å². The van der Waals surface area contributed by atoms with Gasteiger partial charge in [-0.1, -0.05) is 42.5 Å². The van der Waals surface area contributed by atoms with Crippen LogP contribution < -0.4 is 15.5 Å². The van der Waals surface area contributed by atoms with Gasteiger partial charge in [-0.15, -0.1) is 11.3 Å². The zero-order chi connectivity index (χ0) is 24.2. The van der Waals surface area contributed by atoms with E-state index in [1.807, 2.05) is 67.5 Å². The second-order valence-corrected chi connectivity index (χ2v) is 10.5. The van der Waals surface area contributed by atoms with Gasteiger partial charge < -0.3 is 15.5 Å². The fraction of sp³-hybridized carbons (Fsp3) is 0.321. The fourth-order valence-electron chi connectivity index (χ4n) is 4.70. The third-order valence-corrected chi connectivity index (χ3v) is 7.76. The van der Waals surface area contributed by atoms with E-state index in [1.54, 1.807) is 11.3 Å². The number of hydrogen-bond donors (Lipinski definition) is 2. The Balaban J connectivity index is 1.13. The van der Waals surface area contributed by atoms with Gasteiger partial charge in [0.2, 0.25) is 5.95 Å². The number of benzene rings is 2. The number of nitrogens with one attached hydrogen (secondary N) is 2. The van der Waals surface area contributed by atoms with Crippen LogP contribution >= 0.6 is 11.3 Å². The molecule has 35 heavy (non-hydrogen) atoms. The highest BCUT2D eigenvalue weighted by molar-refractivity contribution is 7.17. The van der Waals surface area contributed by atoms with E-state index in [2.05, 4.69) is 28.8 Å². The molecule has 0 bridgehead atoms. The average Bonchev–Trinajstić information content (AvgIpc) is 3.39. The lowest BCUT2D eigenvalue weighted by molar-refractivity contribution is 0.0947. The van der Waals surface area contributed by atoms with Crippen LogP contribution in [0.25, 0.3) is 21.3 Å². The van der Waals surface area contributed by atoms with Crippen molar-refractivity contribution in [3.05, 3.63) is 71.6 Å². The maximum atomic E-state index is 12.7. The van der Waals surface area contributed by atoms with Crippen LogP contribution in [0.2, 0.25) is 0 Å². The van der Waals surface area contributed by atoms with Gasteiger partial charge in [0, 0.05) is 36.9 Å². The summed E-state index contributed by atoms with van der Waals surface area (Å²) in [6.07, 6.45) is 4.24. The summed E-state index contributed by atoms with van der Waals surface area (Å²) < 4.78 is 0. The normalized spacial score (nSPS) is 17.8. The van der Waals surface area contributed by atoms with Crippen molar-refractivity contribution in [3.8, 4) is 10.4 Å². The summed E-state index contributed by atoms with van der Waals surface area (Å²) in [6, 6.07) is 22.6. The lowest BCUT2D eigenvalue weighted by Crippen LogP contribution is -2.34.